The third-order valence-electron chi connectivity index (χ3n) is 5.01. The molecule has 0 unspecified atom stereocenters. The summed E-state index contributed by atoms with van der Waals surface area (Å²) in [4.78, 5) is 16.7. The van der Waals surface area contributed by atoms with Crippen LogP contribution in [-0.4, -0.2) is 58.8 Å². The van der Waals surface area contributed by atoms with Gasteiger partial charge in [0, 0.05) is 32.1 Å². The molecule has 1 saturated heterocycles. The number of hydrogen-bond acceptors (Lipinski definition) is 7. The molecule has 2 aliphatic rings. The minimum absolute atomic E-state index is 0.201. The molecule has 0 atom stereocenters. The molecule has 1 amide bonds. The van der Waals surface area contributed by atoms with Crippen molar-refractivity contribution in [1.29, 1.82) is 0 Å². The van der Waals surface area contributed by atoms with Gasteiger partial charge in [-0.25, -0.2) is 4.68 Å². The average molecular weight is 404 g/mol. The van der Waals surface area contributed by atoms with Gasteiger partial charge >= 0.3 is 0 Å². The second-order valence-corrected chi connectivity index (χ2v) is 7.43. The number of carbonyl (C=O) groups excluding carboxylic acids is 1. The molecular weight excluding hydrogens is 380 g/mol. The summed E-state index contributed by atoms with van der Waals surface area (Å²) < 4.78 is 18.0. The fourth-order valence-electron chi connectivity index (χ4n) is 3.20. The first-order valence-electron chi connectivity index (χ1n) is 9.47. The molecule has 2 heterocycles. The van der Waals surface area contributed by atoms with Gasteiger partial charge in [0.15, 0.2) is 6.61 Å². The largest absolute Gasteiger partial charge is 0.497 e. The van der Waals surface area contributed by atoms with Crippen LogP contribution in [0.5, 0.6) is 11.5 Å². The Labute approximate surface area is 168 Å². The normalized spacial score (nSPS) is 17.5. The maximum absolute atomic E-state index is 12.1. The maximum atomic E-state index is 12.1. The zero-order chi connectivity index (χ0) is 19.5. The van der Waals surface area contributed by atoms with E-state index >= 15 is 0 Å². The first-order chi connectivity index (χ1) is 13.6. The van der Waals surface area contributed by atoms with Crippen molar-refractivity contribution in [2.45, 2.75) is 26.1 Å². The van der Waals surface area contributed by atoms with Crippen LogP contribution in [0.25, 0.3) is 0 Å². The molecule has 2 fully saturated rings. The van der Waals surface area contributed by atoms with Crippen LogP contribution < -0.4 is 9.47 Å². The van der Waals surface area contributed by atoms with Crippen LogP contribution in [-0.2, 0) is 18.1 Å². The monoisotopic (exact) mass is 404 g/mol. The van der Waals surface area contributed by atoms with Crippen LogP contribution in [0.4, 0.5) is 0 Å². The second kappa shape index (κ2) is 8.32. The predicted octanol–water partition coefficient (Wildman–Crippen LogP) is 2.30. The molecule has 28 heavy (non-hydrogen) atoms. The summed E-state index contributed by atoms with van der Waals surface area (Å²) >= 11 is 5.28. The summed E-state index contributed by atoms with van der Waals surface area (Å²) in [6.45, 7) is 3.89. The van der Waals surface area contributed by atoms with E-state index in [0.29, 0.717) is 29.1 Å². The molecule has 1 saturated carbocycles. The van der Waals surface area contributed by atoms with E-state index in [4.69, 9.17) is 26.1 Å². The molecule has 4 rings (SSSR count). The summed E-state index contributed by atoms with van der Waals surface area (Å²) in [5.74, 6) is 2.50. The Bertz CT molecular complexity index is 867. The number of hydrogen-bond donors (Lipinski definition) is 0. The molecule has 0 radical (unpaired) electrons. The Balaban J connectivity index is 1.28. The van der Waals surface area contributed by atoms with Gasteiger partial charge in [0.1, 0.15) is 11.5 Å². The van der Waals surface area contributed by atoms with Crippen molar-refractivity contribution >= 4 is 18.1 Å². The number of benzene rings is 1. The van der Waals surface area contributed by atoms with Gasteiger partial charge in [-0.15, -0.1) is 5.10 Å². The van der Waals surface area contributed by atoms with Crippen molar-refractivity contribution in [3.63, 3.8) is 0 Å². The first kappa shape index (κ1) is 18.9. The van der Waals surface area contributed by atoms with Crippen molar-refractivity contribution in [3.05, 3.63) is 35.0 Å². The summed E-state index contributed by atoms with van der Waals surface area (Å²) in [5, 5.41) is 4.42. The number of nitrogens with zero attached hydrogens (tertiary/aromatic N) is 4. The number of piperazine rings is 1. The molecule has 1 aromatic carbocycles. The zero-order valence-corrected chi connectivity index (χ0v) is 16.7. The molecule has 0 N–H and O–H groups in total. The minimum Gasteiger partial charge on any atom is -0.497 e. The number of amides is 1. The van der Waals surface area contributed by atoms with Gasteiger partial charge < -0.3 is 18.8 Å². The van der Waals surface area contributed by atoms with Crippen LogP contribution >= 0.6 is 12.2 Å². The van der Waals surface area contributed by atoms with Crippen molar-refractivity contribution in [2.75, 3.05) is 33.3 Å². The Morgan fingerprint density at radius 1 is 1.18 bits per heavy atom. The molecule has 1 aliphatic carbocycles. The highest BCUT2D eigenvalue weighted by atomic mass is 32.1. The lowest BCUT2D eigenvalue weighted by atomic mass is 10.3. The smallest absolute Gasteiger partial charge is 0.288 e. The molecule has 9 heteroatoms. The van der Waals surface area contributed by atoms with E-state index in [1.54, 1.807) is 11.8 Å². The minimum atomic E-state index is 0.201. The van der Waals surface area contributed by atoms with E-state index in [1.165, 1.54) is 0 Å². The third kappa shape index (κ3) is 4.53. The second-order valence-electron chi connectivity index (χ2n) is 7.08. The van der Waals surface area contributed by atoms with Gasteiger partial charge in [-0.1, -0.05) is 0 Å². The van der Waals surface area contributed by atoms with E-state index in [9.17, 15) is 4.79 Å². The molecule has 1 aromatic heterocycles. The van der Waals surface area contributed by atoms with Crippen LogP contribution in [0, 0.1) is 10.8 Å². The molecule has 1 aliphatic heterocycles. The summed E-state index contributed by atoms with van der Waals surface area (Å²) in [7, 11) is 1.62. The highest BCUT2D eigenvalue weighted by molar-refractivity contribution is 7.71. The molecule has 8 nitrogen and oxygen atoms in total. The molecule has 150 valence electrons. The van der Waals surface area contributed by atoms with E-state index in [0.717, 1.165) is 44.8 Å². The average Bonchev–Trinajstić information content (AvgIpc) is 3.51. The van der Waals surface area contributed by atoms with Gasteiger partial charge in [-0.05, 0) is 49.3 Å². The van der Waals surface area contributed by atoms with Gasteiger partial charge in [0.2, 0.25) is 5.91 Å². The number of methoxy groups -OCH3 is 1. The van der Waals surface area contributed by atoms with Crippen LogP contribution in [0.3, 0.4) is 0 Å². The lowest BCUT2D eigenvalue weighted by Crippen LogP contribution is -2.49. The van der Waals surface area contributed by atoms with Crippen molar-refractivity contribution in [3.8, 4) is 11.5 Å². The number of rotatable bonds is 7. The lowest BCUT2D eigenvalue weighted by Gasteiger charge is -2.34. The van der Waals surface area contributed by atoms with Crippen molar-refractivity contribution < 1.29 is 18.7 Å². The highest BCUT2D eigenvalue weighted by Crippen LogP contribution is 2.31. The summed E-state index contributed by atoms with van der Waals surface area (Å²) in [6.07, 6.45) is 2.10. The topological polar surface area (TPSA) is 73.0 Å². The van der Waals surface area contributed by atoms with E-state index in [2.05, 4.69) is 10.00 Å². The Hall–Kier alpha value is -2.39. The fraction of sp³-hybridized carbons (Fsp3) is 0.526. The van der Waals surface area contributed by atoms with Gasteiger partial charge in [0.25, 0.3) is 10.7 Å². The number of carbonyl (C=O) groups is 1. The zero-order valence-electron chi connectivity index (χ0n) is 15.9. The molecule has 0 bridgehead atoms. The molecule has 0 spiro atoms. The quantitative estimate of drug-likeness (QED) is 0.656. The molecule has 2 aromatic rings. The first-order valence-corrected chi connectivity index (χ1v) is 9.88. The van der Waals surface area contributed by atoms with Gasteiger partial charge in [-0.3, -0.25) is 9.69 Å². The van der Waals surface area contributed by atoms with Gasteiger partial charge in [0.05, 0.1) is 13.8 Å². The number of ether oxygens (including phenoxy) is 2. The maximum Gasteiger partial charge on any atom is 0.288 e. The third-order valence-corrected chi connectivity index (χ3v) is 5.31. The fourth-order valence-corrected chi connectivity index (χ4v) is 3.40. The van der Waals surface area contributed by atoms with E-state index in [1.807, 2.05) is 29.2 Å². The Morgan fingerprint density at radius 3 is 2.50 bits per heavy atom. The van der Waals surface area contributed by atoms with Crippen molar-refractivity contribution in [2.24, 2.45) is 5.92 Å². The predicted molar refractivity (Wildman–Crippen MR) is 104 cm³/mol. The van der Waals surface area contributed by atoms with E-state index < -0.39 is 0 Å². The lowest BCUT2D eigenvalue weighted by molar-refractivity contribution is -0.134. The number of aromatic nitrogens is 2. The van der Waals surface area contributed by atoms with E-state index in [-0.39, 0.29) is 12.5 Å². The summed E-state index contributed by atoms with van der Waals surface area (Å²) in [6, 6.07) is 7.31. The van der Waals surface area contributed by atoms with Crippen LogP contribution in [0.2, 0.25) is 0 Å². The van der Waals surface area contributed by atoms with Crippen molar-refractivity contribution in [1.82, 2.24) is 19.6 Å². The SMILES string of the molecule is COc1ccc(OCc2nn(CN3CCN(C(=O)C4CC4)CC3)c(=S)o2)cc1. The van der Waals surface area contributed by atoms with Crippen LogP contribution in [0.15, 0.2) is 28.7 Å². The van der Waals surface area contributed by atoms with Gasteiger partial charge in [-0.2, -0.15) is 0 Å². The Kier molecular flexibility index (Phi) is 5.63. The highest BCUT2D eigenvalue weighted by Gasteiger charge is 2.34. The standard InChI is InChI=1S/C19H24N4O4S/c1-25-15-4-6-16(7-5-15)26-12-17-20-23(19(28)27-17)13-21-8-10-22(11-9-21)18(24)14-2-3-14/h4-7,14H,2-3,8-13H2,1H3. The Morgan fingerprint density at radius 2 is 1.86 bits per heavy atom. The molecular formula is C19H24N4O4S. The summed E-state index contributed by atoms with van der Waals surface area (Å²) in [5.41, 5.74) is 0. The van der Waals surface area contributed by atoms with Crippen LogP contribution in [0.1, 0.15) is 18.7 Å².